The van der Waals surface area contributed by atoms with Gasteiger partial charge < -0.3 is 24.4 Å². The van der Waals surface area contributed by atoms with Crippen molar-refractivity contribution in [2.45, 2.75) is 26.2 Å². The number of carbonyl (C=O) groups is 3. The third-order valence-electron chi connectivity index (χ3n) is 5.02. The van der Waals surface area contributed by atoms with Gasteiger partial charge in [0.15, 0.2) is 24.7 Å². The Labute approximate surface area is 191 Å². The molecule has 8 nitrogen and oxygen atoms in total. The standard InChI is InChI=1S/C24H27FN2O6/c1-2-31-21-14-17(10-11-20(21)32-16-23(29)27-12-6-3-7-13-27)24(30)33-15-22(28)26-19-9-5-4-8-18(19)25/h4-5,8-11,14H,2-3,6-7,12-13,15-16H2,1H3,(H,26,28). The Kier molecular flexibility index (Phi) is 8.63. The van der Waals surface area contributed by atoms with Crippen molar-refractivity contribution in [3.63, 3.8) is 0 Å². The molecule has 2 aromatic rings. The second-order valence-electron chi connectivity index (χ2n) is 7.43. The molecule has 0 aromatic heterocycles. The fraction of sp³-hybridized carbons (Fsp3) is 0.375. The molecule has 176 valence electrons. The predicted octanol–water partition coefficient (Wildman–Crippen LogP) is 3.41. The van der Waals surface area contributed by atoms with Gasteiger partial charge in [0.1, 0.15) is 5.82 Å². The molecule has 0 bridgehead atoms. The summed E-state index contributed by atoms with van der Waals surface area (Å²) >= 11 is 0. The van der Waals surface area contributed by atoms with Crippen molar-refractivity contribution in [2.24, 2.45) is 0 Å². The number of rotatable bonds is 9. The van der Waals surface area contributed by atoms with Crippen LogP contribution < -0.4 is 14.8 Å². The molecule has 2 amide bonds. The fourth-order valence-corrected chi connectivity index (χ4v) is 3.36. The minimum absolute atomic E-state index is 0.00205. The molecule has 1 heterocycles. The van der Waals surface area contributed by atoms with Crippen LogP contribution in [-0.2, 0) is 14.3 Å². The molecule has 1 aliphatic heterocycles. The highest BCUT2D eigenvalue weighted by Crippen LogP contribution is 2.29. The number of anilines is 1. The monoisotopic (exact) mass is 458 g/mol. The van der Waals surface area contributed by atoms with Crippen molar-refractivity contribution in [3.8, 4) is 11.5 Å². The minimum Gasteiger partial charge on any atom is -0.490 e. The van der Waals surface area contributed by atoms with Gasteiger partial charge in [-0.15, -0.1) is 0 Å². The smallest absolute Gasteiger partial charge is 0.338 e. The Morgan fingerprint density at radius 3 is 2.45 bits per heavy atom. The van der Waals surface area contributed by atoms with Gasteiger partial charge in [0, 0.05) is 13.1 Å². The van der Waals surface area contributed by atoms with Crippen LogP contribution in [0.2, 0.25) is 0 Å². The van der Waals surface area contributed by atoms with E-state index in [1.165, 1.54) is 36.4 Å². The Balaban J connectivity index is 1.56. The number of likely N-dealkylation sites (tertiary alicyclic amines) is 1. The van der Waals surface area contributed by atoms with Gasteiger partial charge in [0.25, 0.3) is 11.8 Å². The van der Waals surface area contributed by atoms with E-state index in [9.17, 15) is 18.8 Å². The van der Waals surface area contributed by atoms with Crippen LogP contribution in [0.15, 0.2) is 42.5 Å². The summed E-state index contributed by atoms with van der Waals surface area (Å²) in [4.78, 5) is 38.5. The van der Waals surface area contributed by atoms with Crippen LogP contribution in [0.1, 0.15) is 36.5 Å². The van der Waals surface area contributed by atoms with Crippen LogP contribution in [0.5, 0.6) is 11.5 Å². The summed E-state index contributed by atoms with van der Waals surface area (Å²) in [6, 6.07) is 10.1. The number of esters is 1. The Bertz CT molecular complexity index is 991. The van der Waals surface area contributed by atoms with E-state index < -0.39 is 24.3 Å². The lowest BCUT2D eigenvalue weighted by molar-refractivity contribution is -0.134. The van der Waals surface area contributed by atoms with E-state index in [0.29, 0.717) is 12.4 Å². The quantitative estimate of drug-likeness (QED) is 0.579. The molecule has 0 unspecified atom stereocenters. The first-order valence-corrected chi connectivity index (χ1v) is 10.9. The molecular weight excluding hydrogens is 431 g/mol. The topological polar surface area (TPSA) is 94.2 Å². The van der Waals surface area contributed by atoms with Crippen LogP contribution in [0, 0.1) is 5.82 Å². The van der Waals surface area contributed by atoms with Crippen molar-refractivity contribution >= 4 is 23.5 Å². The summed E-state index contributed by atoms with van der Waals surface area (Å²) in [6.45, 7) is 2.85. The van der Waals surface area contributed by atoms with Crippen molar-refractivity contribution in [3.05, 3.63) is 53.8 Å². The summed E-state index contributed by atoms with van der Waals surface area (Å²) in [5, 5.41) is 2.34. The van der Waals surface area contributed by atoms with Crippen LogP contribution in [0.3, 0.4) is 0 Å². The van der Waals surface area contributed by atoms with E-state index in [-0.39, 0.29) is 29.5 Å². The third-order valence-corrected chi connectivity index (χ3v) is 5.02. The molecular formula is C24H27FN2O6. The number of hydrogen-bond donors (Lipinski definition) is 1. The lowest BCUT2D eigenvalue weighted by Gasteiger charge is -2.26. The van der Waals surface area contributed by atoms with Gasteiger partial charge in [0.2, 0.25) is 0 Å². The molecule has 1 fully saturated rings. The molecule has 0 aliphatic carbocycles. The number of nitrogens with one attached hydrogen (secondary N) is 1. The maximum Gasteiger partial charge on any atom is 0.338 e. The summed E-state index contributed by atoms with van der Waals surface area (Å²) in [6.07, 6.45) is 3.11. The maximum absolute atomic E-state index is 13.6. The third kappa shape index (κ3) is 6.93. The van der Waals surface area contributed by atoms with Gasteiger partial charge in [-0.2, -0.15) is 0 Å². The van der Waals surface area contributed by atoms with Gasteiger partial charge in [-0.25, -0.2) is 9.18 Å². The number of hydrogen-bond acceptors (Lipinski definition) is 6. The zero-order valence-corrected chi connectivity index (χ0v) is 18.5. The van der Waals surface area contributed by atoms with Crippen molar-refractivity contribution < 1.29 is 33.0 Å². The Hall–Kier alpha value is -3.62. The second-order valence-corrected chi connectivity index (χ2v) is 7.43. The molecule has 33 heavy (non-hydrogen) atoms. The van der Waals surface area contributed by atoms with Gasteiger partial charge in [-0.3, -0.25) is 9.59 Å². The summed E-state index contributed by atoms with van der Waals surface area (Å²) < 4.78 is 29.8. The second kappa shape index (κ2) is 11.8. The lowest BCUT2D eigenvalue weighted by Crippen LogP contribution is -2.38. The molecule has 1 saturated heterocycles. The van der Waals surface area contributed by atoms with E-state index >= 15 is 0 Å². The van der Waals surface area contributed by atoms with Gasteiger partial charge in [-0.1, -0.05) is 12.1 Å². The highest BCUT2D eigenvalue weighted by atomic mass is 19.1. The zero-order chi connectivity index (χ0) is 23.6. The van der Waals surface area contributed by atoms with Gasteiger partial charge >= 0.3 is 5.97 Å². The normalized spacial score (nSPS) is 13.2. The van der Waals surface area contributed by atoms with Crippen LogP contribution >= 0.6 is 0 Å². The lowest BCUT2D eigenvalue weighted by atomic mass is 10.1. The fourth-order valence-electron chi connectivity index (χ4n) is 3.36. The van der Waals surface area contributed by atoms with Gasteiger partial charge in [-0.05, 0) is 56.5 Å². The Morgan fingerprint density at radius 2 is 1.73 bits per heavy atom. The number of amides is 2. The number of para-hydroxylation sites is 1. The molecule has 3 rings (SSSR count). The van der Waals surface area contributed by atoms with E-state index in [2.05, 4.69) is 5.32 Å². The van der Waals surface area contributed by atoms with E-state index in [4.69, 9.17) is 14.2 Å². The van der Waals surface area contributed by atoms with E-state index in [1.807, 2.05) is 0 Å². The van der Waals surface area contributed by atoms with E-state index in [0.717, 1.165) is 32.4 Å². The minimum atomic E-state index is -0.754. The van der Waals surface area contributed by atoms with E-state index in [1.54, 1.807) is 17.9 Å². The van der Waals surface area contributed by atoms with Crippen LogP contribution in [-0.4, -0.2) is 55.6 Å². The first-order chi connectivity index (χ1) is 16.0. The highest BCUT2D eigenvalue weighted by Gasteiger charge is 2.19. The number of piperidine rings is 1. The number of carbonyl (C=O) groups excluding carboxylic acids is 3. The number of nitrogens with zero attached hydrogens (tertiary/aromatic N) is 1. The average Bonchev–Trinajstić information content (AvgIpc) is 2.83. The molecule has 2 aromatic carbocycles. The Morgan fingerprint density at radius 1 is 0.970 bits per heavy atom. The van der Waals surface area contributed by atoms with Crippen LogP contribution in [0.4, 0.5) is 10.1 Å². The van der Waals surface area contributed by atoms with Crippen molar-refractivity contribution in [2.75, 3.05) is 38.2 Å². The average molecular weight is 458 g/mol. The van der Waals surface area contributed by atoms with Crippen molar-refractivity contribution in [1.29, 1.82) is 0 Å². The molecule has 1 aliphatic rings. The molecule has 9 heteroatoms. The molecule has 0 atom stereocenters. The van der Waals surface area contributed by atoms with Gasteiger partial charge in [0.05, 0.1) is 17.9 Å². The summed E-state index contributed by atoms with van der Waals surface area (Å²) in [7, 11) is 0. The summed E-state index contributed by atoms with van der Waals surface area (Å²) in [5.74, 6) is -1.50. The largest absolute Gasteiger partial charge is 0.490 e. The highest BCUT2D eigenvalue weighted by molar-refractivity contribution is 5.95. The SMILES string of the molecule is CCOc1cc(C(=O)OCC(=O)Nc2ccccc2F)ccc1OCC(=O)N1CCCCC1. The first kappa shape index (κ1) is 24.0. The number of ether oxygens (including phenoxy) is 3. The van der Waals surface area contributed by atoms with Crippen LogP contribution in [0.25, 0.3) is 0 Å². The molecule has 1 N–H and O–H groups in total. The number of halogens is 1. The maximum atomic E-state index is 13.6. The summed E-state index contributed by atoms with van der Waals surface area (Å²) in [5.41, 5.74) is 0.143. The number of benzene rings is 2. The first-order valence-electron chi connectivity index (χ1n) is 10.9. The predicted molar refractivity (Wildman–Crippen MR) is 119 cm³/mol. The molecule has 0 radical (unpaired) electrons. The molecule has 0 spiro atoms. The zero-order valence-electron chi connectivity index (χ0n) is 18.5. The molecule has 0 saturated carbocycles. The van der Waals surface area contributed by atoms with Crippen molar-refractivity contribution in [1.82, 2.24) is 4.90 Å².